The second kappa shape index (κ2) is 5.57. The molecule has 0 saturated carbocycles. The van der Waals surface area contributed by atoms with Crippen molar-refractivity contribution >= 4 is 24.4 Å². The zero-order valence-electron chi connectivity index (χ0n) is 10.5. The van der Waals surface area contributed by atoms with E-state index in [1.807, 2.05) is 0 Å². The second-order valence-corrected chi connectivity index (χ2v) is 4.18. The van der Waals surface area contributed by atoms with Gasteiger partial charge in [-0.15, -0.1) is 0 Å². The molecule has 19 heavy (non-hydrogen) atoms. The zero-order valence-corrected chi connectivity index (χ0v) is 11.3. The molecule has 0 spiro atoms. The van der Waals surface area contributed by atoms with Gasteiger partial charge in [0.25, 0.3) is 0 Å². The molecule has 1 aromatic heterocycles. The summed E-state index contributed by atoms with van der Waals surface area (Å²) in [5.41, 5.74) is 0.860. The Labute approximate surface area is 114 Å². The molecular weight excluding hydrogens is 264 g/mol. The van der Waals surface area contributed by atoms with Crippen LogP contribution in [0.3, 0.4) is 0 Å². The summed E-state index contributed by atoms with van der Waals surface area (Å²) in [6.45, 7) is 3.16. The van der Waals surface area contributed by atoms with E-state index < -0.39 is 0 Å². The third kappa shape index (κ3) is 3.35. The van der Waals surface area contributed by atoms with Gasteiger partial charge >= 0.3 is 5.97 Å². The van der Waals surface area contributed by atoms with Gasteiger partial charge < -0.3 is 4.74 Å². The number of rotatable bonds is 3. The summed E-state index contributed by atoms with van der Waals surface area (Å²) in [5, 5.41) is 10.8. The van der Waals surface area contributed by atoms with E-state index >= 15 is 0 Å². The van der Waals surface area contributed by atoms with Gasteiger partial charge in [0.1, 0.15) is 11.6 Å². The largest absolute Gasteiger partial charge is 0.427 e. The van der Waals surface area contributed by atoms with Crippen LogP contribution in [0.4, 0.5) is 0 Å². The molecule has 0 unspecified atom stereocenters. The Balaban J connectivity index is 2.16. The van der Waals surface area contributed by atoms with Gasteiger partial charge in [0.05, 0.1) is 6.21 Å². The number of aryl methyl sites for hydroxylation is 1. The highest BCUT2D eigenvalue weighted by Crippen LogP contribution is 2.11. The van der Waals surface area contributed by atoms with Crippen molar-refractivity contribution in [2.24, 2.45) is 5.10 Å². The average molecular weight is 276 g/mol. The predicted molar refractivity (Wildman–Crippen MR) is 72.9 cm³/mol. The van der Waals surface area contributed by atoms with Gasteiger partial charge in [-0.25, -0.2) is 0 Å². The third-order valence-corrected chi connectivity index (χ3v) is 2.54. The minimum absolute atomic E-state index is 0.346. The monoisotopic (exact) mass is 276 g/mol. The lowest BCUT2D eigenvalue weighted by Crippen LogP contribution is -2.01. The topological polar surface area (TPSA) is 72.3 Å². The number of nitrogens with zero attached hydrogens (tertiary/aromatic N) is 3. The first-order chi connectivity index (χ1) is 9.06. The maximum absolute atomic E-state index is 10.8. The Morgan fingerprint density at radius 1 is 1.47 bits per heavy atom. The van der Waals surface area contributed by atoms with Crippen LogP contribution in [0.1, 0.15) is 18.3 Å². The lowest BCUT2D eigenvalue weighted by Gasteiger charge is -2.00. The molecule has 1 aromatic carbocycles. The van der Waals surface area contributed by atoms with Crippen molar-refractivity contribution < 1.29 is 9.53 Å². The van der Waals surface area contributed by atoms with Crippen LogP contribution in [0.2, 0.25) is 0 Å². The molecule has 0 aliphatic rings. The van der Waals surface area contributed by atoms with Gasteiger partial charge in [0.15, 0.2) is 0 Å². The fourth-order valence-electron chi connectivity index (χ4n) is 1.42. The first-order valence-corrected chi connectivity index (χ1v) is 5.94. The number of benzene rings is 1. The van der Waals surface area contributed by atoms with Crippen molar-refractivity contribution in [1.82, 2.24) is 14.9 Å². The van der Waals surface area contributed by atoms with E-state index in [4.69, 9.17) is 17.0 Å². The summed E-state index contributed by atoms with van der Waals surface area (Å²) < 4.78 is 6.90. The molecule has 2 aromatic rings. The van der Waals surface area contributed by atoms with Gasteiger partial charge in [0.2, 0.25) is 4.77 Å². The number of H-pyrrole nitrogens is 1. The molecule has 0 saturated heterocycles. The van der Waals surface area contributed by atoms with Crippen molar-refractivity contribution in [1.29, 1.82) is 0 Å². The Hall–Kier alpha value is -2.28. The minimum atomic E-state index is -0.346. The van der Waals surface area contributed by atoms with Gasteiger partial charge in [-0.2, -0.15) is 14.9 Å². The molecular formula is C12H12N4O2S. The molecule has 0 aliphatic heterocycles. The van der Waals surface area contributed by atoms with E-state index in [0.29, 0.717) is 16.3 Å². The quantitative estimate of drug-likeness (QED) is 0.403. The number of hydrogen-bond donors (Lipinski definition) is 1. The molecule has 1 N–H and O–H groups in total. The lowest BCUT2D eigenvalue weighted by molar-refractivity contribution is -0.131. The summed E-state index contributed by atoms with van der Waals surface area (Å²) in [6, 6.07) is 6.98. The highest BCUT2D eigenvalue weighted by molar-refractivity contribution is 7.71. The van der Waals surface area contributed by atoms with Crippen LogP contribution in [0.25, 0.3) is 0 Å². The molecule has 0 radical (unpaired) electrons. The Kier molecular flexibility index (Phi) is 3.86. The van der Waals surface area contributed by atoms with E-state index in [2.05, 4.69) is 15.3 Å². The number of ether oxygens (including phenoxy) is 1. The molecule has 0 aliphatic carbocycles. The maximum Gasteiger partial charge on any atom is 0.308 e. The zero-order chi connectivity index (χ0) is 13.8. The molecule has 0 fully saturated rings. The number of esters is 1. The number of carbonyl (C=O) groups is 1. The second-order valence-electron chi connectivity index (χ2n) is 3.80. The first kappa shape index (κ1) is 13.2. The standard InChI is InChI=1S/C12H12N4O2S/c1-8-14-15-12(19)16(8)13-7-10-3-5-11(6-4-10)18-9(2)17/h3-7H,1-2H3,(H,15,19)/b13-7-. The first-order valence-electron chi connectivity index (χ1n) is 5.53. The van der Waals surface area contributed by atoms with Crippen molar-refractivity contribution in [2.45, 2.75) is 13.8 Å². The summed E-state index contributed by atoms with van der Waals surface area (Å²) >= 11 is 5.03. The van der Waals surface area contributed by atoms with Crippen molar-refractivity contribution in [3.63, 3.8) is 0 Å². The van der Waals surface area contributed by atoms with Crippen molar-refractivity contribution in [2.75, 3.05) is 0 Å². The predicted octanol–water partition coefficient (Wildman–Crippen LogP) is 2.06. The number of carbonyl (C=O) groups excluding carboxylic acids is 1. The Morgan fingerprint density at radius 2 is 2.16 bits per heavy atom. The molecule has 2 rings (SSSR count). The maximum atomic E-state index is 10.8. The summed E-state index contributed by atoms with van der Waals surface area (Å²) in [6.07, 6.45) is 1.65. The number of nitrogens with one attached hydrogen (secondary N) is 1. The smallest absolute Gasteiger partial charge is 0.308 e. The van der Waals surface area contributed by atoms with E-state index in [-0.39, 0.29) is 5.97 Å². The van der Waals surface area contributed by atoms with Crippen LogP contribution in [-0.2, 0) is 4.79 Å². The fourth-order valence-corrected chi connectivity index (χ4v) is 1.64. The molecule has 7 heteroatoms. The van der Waals surface area contributed by atoms with Crippen LogP contribution in [-0.4, -0.2) is 27.1 Å². The van der Waals surface area contributed by atoms with Gasteiger partial charge in [-0.3, -0.25) is 9.89 Å². The number of aromatic amines is 1. The summed E-state index contributed by atoms with van der Waals surface area (Å²) in [4.78, 5) is 10.8. The van der Waals surface area contributed by atoms with Gasteiger partial charge in [-0.05, 0) is 49.0 Å². The van der Waals surface area contributed by atoms with Crippen LogP contribution in [0.5, 0.6) is 5.75 Å². The normalized spacial score (nSPS) is 10.8. The SMILES string of the molecule is CC(=O)Oc1ccc(/C=N\n2c(C)n[nH]c2=S)cc1. The van der Waals surface area contributed by atoms with Crippen molar-refractivity contribution in [3.8, 4) is 5.75 Å². The number of aromatic nitrogens is 3. The molecule has 6 nitrogen and oxygen atoms in total. The van der Waals surface area contributed by atoms with E-state index in [9.17, 15) is 4.79 Å². The molecule has 0 bridgehead atoms. The van der Waals surface area contributed by atoms with Gasteiger partial charge in [0, 0.05) is 6.92 Å². The average Bonchev–Trinajstić information content (AvgIpc) is 2.68. The van der Waals surface area contributed by atoms with Gasteiger partial charge in [-0.1, -0.05) is 0 Å². The number of hydrogen-bond acceptors (Lipinski definition) is 5. The summed E-state index contributed by atoms with van der Waals surface area (Å²) in [5.74, 6) is 0.834. The fraction of sp³-hybridized carbons (Fsp3) is 0.167. The third-order valence-electron chi connectivity index (χ3n) is 2.28. The van der Waals surface area contributed by atoms with Crippen LogP contribution < -0.4 is 4.74 Å². The lowest BCUT2D eigenvalue weighted by atomic mass is 10.2. The van der Waals surface area contributed by atoms with E-state index in [1.54, 1.807) is 37.4 Å². The van der Waals surface area contributed by atoms with Crippen LogP contribution in [0.15, 0.2) is 29.4 Å². The van der Waals surface area contributed by atoms with Crippen molar-refractivity contribution in [3.05, 3.63) is 40.4 Å². The van der Waals surface area contributed by atoms with E-state index in [0.717, 1.165) is 5.56 Å². The molecule has 0 atom stereocenters. The highest BCUT2D eigenvalue weighted by atomic mass is 32.1. The minimum Gasteiger partial charge on any atom is -0.427 e. The molecule has 0 amide bonds. The Morgan fingerprint density at radius 3 is 2.68 bits per heavy atom. The van der Waals surface area contributed by atoms with E-state index in [1.165, 1.54) is 11.6 Å². The highest BCUT2D eigenvalue weighted by Gasteiger charge is 1.99. The molecule has 1 heterocycles. The summed E-state index contributed by atoms with van der Waals surface area (Å²) in [7, 11) is 0. The van der Waals surface area contributed by atoms with Crippen LogP contribution >= 0.6 is 12.2 Å². The van der Waals surface area contributed by atoms with Crippen LogP contribution in [0, 0.1) is 11.7 Å². The molecule has 98 valence electrons. The Bertz CT molecular complexity index is 670.